The number of hydrogen-bond donors (Lipinski definition) is 0. The predicted molar refractivity (Wildman–Crippen MR) is 99.2 cm³/mol. The van der Waals surface area contributed by atoms with Crippen LogP contribution >= 0.6 is 0 Å². The van der Waals surface area contributed by atoms with Crippen LogP contribution in [0.2, 0.25) is 0 Å². The minimum atomic E-state index is -0.282. The molecule has 29 heavy (non-hydrogen) atoms. The SMILES string of the molecule is COc1ccccc1-c1noc(-c2nnn3c2COC(c2ccc(F)cc2)C3)n1. The second kappa shape index (κ2) is 7.10. The van der Waals surface area contributed by atoms with Crippen molar-refractivity contribution >= 4 is 0 Å². The Morgan fingerprint density at radius 3 is 2.79 bits per heavy atom. The van der Waals surface area contributed by atoms with Crippen LogP contribution in [0.25, 0.3) is 23.0 Å². The van der Waals surface area contributed by atoms with Crippen LogP contribution in [-0.4, -0.2) is 32.2 Å². The highest BCUT2D eigenvalue weighted by atomic mass is 19.1. The van der Waals surface area contributed by atoms with E-state index in [9.17, 15) is 4.39 Å². The van der Waals surface area contributed by atoms with Crippen LogP contribution in [0.5, 0.6) is 5.75 Å². The number of benzene rings is 2. The van der Waals surface area contributed by atoms with Gasteiger partial charge in [0.1, 0.15) is 17.7 Å². The molecule has 0 amide bonds. The largest absolute Gasteiger partial charge is 0.496 e. The number of methoxy groups -OCH3 is 1. The fourth-order valence-corrected chi connectivity index (χ4v) is 3.32. The van der Waals surface area contributed by atoms with Crippen LogP contribution in [0.15, 0.2) is 53.1 Å². The summed E-state index contributed by atoms with van der Waals surface area (Å²) in [6, 6.07) is 13.7. The van der Waals surface area contributed by atoms with E-state index in [1.807, 2.05) is 24.3 Å². The summed E-state index contributed by atoms with van der Waals surface area (Å²) >= 11 is 0. The van der Waals surface area contributed by atoms with Crippen molar-refractivity contribution in [2.75, 3.05) is 7.11 Å². The zero-order valence-corrected chi connectivity index (χ0v) is 15.4. The van der Waals surface area contributed by atoms with Gasteiger partial charge in [-0.1, -0.05) is 34.6 Å². The molecule has 0 fully saturated rings. The first-order valence-electron chi connectivity index (χ1n) is 9.00. The maximum atomic E-state index is 13.2. The van der Waals surface area contributed by atoms with E-state index in [1.165, 1.54) is 12.1 Å². The summed E-state index contributed by atoms with van der Waals surface area (Å²) < 4.78 is 31.6. The summed E-state index contributed by atoms with van der Waals surface area (Å²) in [5, 5.41) is 12.5. The van der Waals surface area contributed by atoms with Crippen molar-refractivity contribution in [1.82, 2.24) is 25.1 Å². The molecule has 1 atom stereocenters. The van der Waals surface area contributed by atoms with Gasteiger partial charge in [-0.15, -0.1) is 5.10 Å². The highest BCUT2D eigenvalue weighted by Crippen LogP contribution is 2.32. The van der Waals surface area contributed by atoms with E-state index < -0.39 is 0 Å². The number of fused-ring (bicyclic) bond motifs is 1. The van der Waals surface area contributed by atoms with Crippen LogP contribution in [-0.2, 0) is 17.9 Å². The van der Waals surface area contributed by atoms with Crippen LogP contribution in [0, 0.1) is 5.82 Å². The number of para-hydroxylation sites is 1. The molecule has 1 unspecified atom stereocenters. The number of nitrogens with zero attached hydrogens (tertiary/aromatic N) is 5. The zero-order chi connectivity index (χ0) is 19.8. The average Bonchev–Trinajstić information content (AvgIpc) is 3.40. The van der Waals surface area contributed by atoms with Crippen LogP contribution in [0.1, 0.15) is 17.4 Å². The molecule has 0 radical (unpaired) electrons. The molecular weight excluding hydrogens is 377 g/mol. The lowest BCUT2D eigenvalue weighted by Crippen LogP contribution is -2.22. The molecule has 9 heteroatoms. The van der Waals surface area contributed by atoms with Gasteiger partial charge in [-0.2, -0.15) is 4.98 Å². The van der Waals surface area contributed by atoms with E-state index in [1.54, 1.807) is 23.9 Å². The Morgan fingerprint density at radius 2 is 1.97 bits per heavy atom. The topological polar surface area (TPSA) is 88.1 Å². The van der Waals surface area contributed by atoms with Gasteiger partial charge in [-0.05, 0) is 29.8 Å². The first-order valence-corrected chi connectivity index (χ1v) is 9.00. The Labute approximate surface area is 164 Å². The monoisotopic (exact) mass is 393 g/mol. The Bertz CT molecular complexity index is 1160. The number of hydrogen-bond acceptors (Lipinski definition) is 7. The van der Waals surface area contributed by atoms with Gasteiger partial charge >= 0.3 is 0 Å². The molecule has 0 saturated carbocycles. The lowest BCUT2D eigenvalue weighted by Gasteiger charge is -2.24. The summed E-state index contributed by atoms with van der Waals surface area (Å²) in [7, 11) is 1.59. The minimum Gasteiger partial charge on any atom is -0.496 e. The summed E-state index contributed by atoms with van der Waals surface area (Å²) in [5.74, 6) is 1.03. The van der Waals surface area contributed by atoms with E-state index in [4.69, 9.17) is 14.0 Å². The molecule has 0 N–H and O–H groups in total. The normalized spacial score (nSPS) is 15.9. The second-order valence-corrected chi connectivity index (χ2v) is 6.54. The van der Waals surface area contributed by atoms with Crippen molar-refractivity contribution in [2.45, 2.75) is 19.3 Å². The molecule has 0 aliphatic carbocycles. The van der Waals surface area contributed by atoms with Gasteiger partial charge in [0.25, 0.3) is 5.89 Å². The molecule has 8 nitrogen and oxygen atoms in total. The van der Waals surface area contributed by atoms with Crippen molar-refractivity contribution in [1.29, 1.82) is 0 Å². The second-order valence-electron chi connectivity index (χ2n) is 6.54. The van der Waals surface area contributed by atoms with E-state index in [0.29, 0.717) is 23.8 Å². The number of aromatic nitrogens is 5. The maximum Gasteiger partial charge on any atom is 0.280 e. The first-order chi connectivity index (χ1) is 14.2. The molecule has 3 heterocycles. The van der Waals surface area contributed by atoms with E-state index in [-0.39, 0.29) is 24.4 Å². The Kier molecular flexibility index (Phi) is 4.28. The van der Waals surface area contributed by atoms with Gasteiger partial charge in [0, 0.05) is 0 Å². The molecular formula is C20H16FN5O3. The molecule has 0 saturated heterocycles. The summed E-state index contributed by atoms with van der Waals surface area (Å²) in [4.78, 5) is 4.46. The Hall–Kier alpha value is -3.59. The standard InChI is InChI=1S/C20H16FN5O3/c1-27-16-5-3-2-4-14(16)19-22-20(29-24-19)18-15-11-28-17(10-26(15)25-23-18)12-6-8-13(21)9-7-12/h2-9,17H,10-11H2,1H3. The number of ether oxygens (including phenoxy) is 2. The summed E-state index contributed by atoms with van der Waals surface area (Å²) in [5.41, 5.74) is 2.83. The van der Waals surface area contributed by atoms with Gasteiger partial charge in [0.05, 0.1) is 31.5 Å². The van der Waals surface area contributed by atoms with Crippen molar-refractivity contribution in [3.05, 3.63) is 65.6 Å². The number of halogens is 1. The number of rotatable bonds is 4. The van der Waals surface area contributed by atoms with Gasteiger partial charge < -0.3 is 14.0 Å². The van der Waals surface area contributed by atoms with Gasteiger partial charge in [0.2, 0.25) is 5.82 Å². The fourth-order valence-electron chi connectivity index (χ4n) is 3.32. The molecule has 2 aromatic carbocycles. The molecule has 4 aromatic rings. The van der Waals surface area contributed by atoms with Gasteiger partial charge in [-0.25, -0.2) is 9.07 Å². The van der Waals surface area contributed by atoms with Gasteiger partial charge in [-0.3, -0.25) is 0 Å². The van der Waals surface area contributed by atoms with Crippen molar-refractivity contribution in [2.24, 2.45) is 0 Å². The summed E-state index contributed by atoms with van der Waals surface area (Å²) in [6.07, 6.45) is -0.232. The Morgan fingerprint density at radius 1 is 1.14 bits per heavy atom. The highest BCUT2D eigenvalue weighted by molar-refractivity contribution is 5.65. The van der Waals surface area contributed by atoms with E-state index >= 15 is 0 Å². The predicted octanol–water partition coefficient (Wildman–Crippen LogP) is 3.41. The van der Waals surface area contributed by atoms with E-state index in [0.717, 1.165) is 16.8 Å². The first kappa shape index (κ1) is 17.5. The van der Waals surface area contributed by atoms with Crippen LogP contribution < -0.4 is 4.74 Å². The summed E-state index contributed by atoms with van der Waals surface area (Å²) in [6.45, 7) is 0.734. The van der Waals surface area contributed by atoms with Gasteiger partial charge in [0.15, 0.2) is 5.69 Å². The average molecular weight is 393 g/mol. The molecule has 1 aliphatic rings. The van der Waals surface area contributed by atoms with Crippen molar-refractivity contribution in [3.63, 3.8) is 0 Å². The molecule has 1 aliphatic heterocycles. The van der Waals surface area contributed by atoms with Crippen LogP contribution in [0.3, 0.4) is 0 Å². The minimum absolute atomic E-state index is 0.232. The van der Waals surface area contributed by atoms with Crippen LogP contribution in [0.4, 0.5) is 4.39 Å². The lowest BCUT2D eigenvalue weighted by molar-refractivity contribution is -0.00120. The smallest absolute Gasteiger partial charge is 0.280 e. The van der Waals surface area contributed by atoms with Crippen molar-refractivity contribution in [3.8, 4) is 28.7 Å². The maximum absolute atomic E-state index is 13.2. The molecule has 2 aromatic heterocycles. The third-order valence-corrected chi connectivity index (χ3v) is 4.82. The fraction of sp³-hybridized carbons (Fsp3) is 0.200. The zero-order valence-electron chi connectivity index (χ0n) is 15.4. The quantitative estimate of drug-likeness (QED) is 0.525. The molecule has 0 bridgehead atoms. The third-order valence-electron chi connectivity index (χ3n) is 4.82. The molecule has 0 spiro atoms. The highest BCUT2D eigenvalue weighted by Gasteiger charge is 2.28. The lowest BCUT2D eigenvalue weighted by atomic mass is 10.1. The molecule has 146 valence electrons. The van der Waals surface area contributed by atoms with E-state index in [2.05, 4.69) is 20.5 Å². The van der Waals surface area contributed by atoms with Crippen molar-refractivity contribution < 1.29 is 18.4 Å². The third kappa shape index (κ3) is 3.15. The molecule has 5 rings (SSSR count). The Balaban J connectivity index is 1.42.